The third-order valence-electron chi connectivity index (χ3n) is 4.86. The lowest BCUT2D eigenvalue weighted by molar-refractivity contribution is -0.148. The van der Waals surface area contributed by atoms with E-state index < -0.39 is 8.56 Å². The fraction of sp³-hybridized carbons (Fsp3) is 0.895. The van der Waals surface area contributed by atoms with Crippen molar-refractivity contribution in [2.24, 2.45) is 5.92 Å². The zero-order valence-corrected chi connectivity index (χ0v) is 18.9. The second kappa shape index (κ2) is 14.1. The molecule has 0 aromatic rings. The number of nitrogens with one attached hydrogen (secondary N) is 1. The highest BCUT2D eigenvalue weighted by molar-refractivity contribution is 6.65. The lowest BCUT2D eigenvalue weighted by atomic mass is 9.94. The van der Waals surface area contributed by atoms with Crippen molar-refractivity contribution >= 4 is 20.4 Å². The molecule has 3 atom stereocenters. The van der Waals surface area contributed by atoms with Crippen LogP contribution >= 0.6 is 0 Å². The van der Waals surface area contributed by atoms with Gasteiger partial charge < -0.3 is 24.0 Å². The van der Waals surface area contributed by atoms with Gasteiger partial charge in [-0.3, -0.25) is 9.59 Å². The van der Waals surface area contributed by atoms with Gasteiger partial charge in [0.2, 0.25) is 5.91 Å². The molecule has 8 heteroatoms. The predicted molar refractivity (Wildman–Crippen MR) is 108 cm³/mol. The largest absolute Gasteiger partial charge is 0.463 e. The number of aliphatic hydroxyl groups excluding tert-OH is 1. The fourth-order valence-electron chi connectivity index (χ4n) is 2.93. The van der Waals surface area contributed by atoms with Gasteiger partial charge in [0.05, 0.1) is 6.10 Å². The zero-order valence-electron chi connectivity index (χ0n) is 17.9. The minimum atomic E-state index is -2.10. The molecular formula is C19H39NO6Si. The summed E-state index contributed by atoms with van der Waals surface area (Å²) in [5.74, 6) is -0.548. The molecule has 1 amide bonds. The molecule has 0 rings (SSSR count). The van der Waals surface area contributed by atoms with Crippen LogP contribution in [0.25, 0.3) is 0 Å². The monoisotopic (exact) mass is 405 g/mol. The molecule has 3 unspecified atom stereocenters. The van der Waals surface area contributed by atoms with E-state index in [9.17, 15) is 14.7 Å². The number of hydrogen-bond donors (Lipinski definition) is 2. The van der Waals surface area contributed by atoms with E-state index in [1.54, 1.807) is 21.1 Å². The Kier molecular flexibility index (Phi) is 13.6. The number of aliphatic hydroxyl groups is 1. The second-order valence-electron chi connectivity index (χ2n) is 7.29. The maximum absolute atomic E-state index is 12.5. The Hall–Kier alpha value is -0.963. The minimum absolute atomic E-state index is 0.0108. The first-order valence-electron chi connectivity index (χ1n) is 9.90. The Morgan fingerprint density at radius 2 is 1.78 bits per heavy atom. The summed E-state index contributed by atoms with van der Waals surface area (Å²) in [6, 6.07) is 0.812. The molecule has 0 aliphatic carbocycles. The first-order chi connectivity index (χ1) is 12.7. The molecule has 160 valence electrons. The average Bonchev–Trinajstić information content (AvgIpc) is 2.61. The highest BCUT2D eigenvalue weighted by Crippen LogP contribution is 2.19. The van der Waals surface area contributed by atoms with E-state index >= 15 is 0 Å². The fourth-order valence-corrected chi connectivity index (χ4v) is 4.32. The summed E-state index contributed by atoms with van der Waals surface area (Å²) in [5, 5.41) is 12.4. The second-order valence-corrected chi connectivity index (χ2v) is 10.9. The molecule has 27 heavy (non-hydrogen) atoms. The molecule has 0 fully saturated rings. The van der Waals surface area contributed by atoms with Crippen molar-refractivity contribution in [2.45, 2.75) is 84.1 Å². The van der Waals surface area contributed by atoms with Gasteiger partial charge in [-0.2, -0.15) is 0 Å². The van der Waals surface area contributed by atoms with Crippen LogP contribution in [0, 0.1) is 5.92 Å². The predicted octanol–water partition coefficient (Wildman–Crippen LogP) is 2.76. The summed E-state index contributed by atoms with van der Waals surface area (Å²) in [6.07, 6.45) is 3.38. The van der Waals surface area contributed by atoms with Gasteiger partial charge in [0, 0.05) is 33.6 Å². The first kappa shape index (κ1) is 26.0. The van der Waals surface area contributed by atoms with E-state index in [0.717, 1.165) is 18.9 Å². The maximum Gasteiger partial charge on any atom is 0.334 e. The summed E-state index contributed by atoms with van der Waals surface area (Å²) in [5.41, 5.74) is 0. The molecule has 7 nitrogen and oxygen atoms in total. The van der Waals surface area contributed by atoms with Crippen LogP contribution in [-0.2, 0) is 23.2 Å². The SMILES string of the molecule is CCC(CC(CCCC(C)O)OC(C)=O)C(=O)NCCC[Si](C)(OC)OC. The van der Waals surface area contributed by atoms with Crippen molar-refractivity contribution in [3.8, 4) is 0 Å². The van der Waals surface area contributed by atoms with Crippen LogP contribution in [-0.4, -0.2) is 58.5 Å². The van der Waals surface area contributed by atoms with Crippen molar-refractivity contribution in [3.05, 3.63) is 0 Å². The standard InChI is InChI=1S/C19H39NO6Si/c1-7-17(14-18(26-16(3)22)11-8-10-15(2)21)19(23)20-12-9-13-27(6,24-4)25-5/h15,17-18,21H,7-14H2,1-6H3,(H,20,23). The van der Waals surface area contributed by atoms with Crippen molar-refractivity contribution in [1.82, 2.24) is 5.32 Å². The number of carbonyl (C=O) groups is 2. The van der Waals surface area contributed by atoms with E-state index in [-0.39, 0.29) is 30.0 Å². The summed E-state index contributed by atoms with van der Waals surface area (Å²) in [6.45, 7) is 7.66. The molecule has 0 aromatic carbocycles. The molecule has 0 aromatic heterocycles. The van der Waals surface area contributed by atoms with E-state index in [4.69, 9.17) is 13.6 Å². The van der Waals surface area contributed by atoms with Gasteiger partial charge >= 0.3 is 14.5 Å². The topological polar surface area (TPSA) is 94.1 Å². The molecule has 2 N–H and O–H groups in total. The minimum Gasteiger partial charge on any atom is -0.463 e. The molecule has 0 saturated heterocycles. The van der Waals surface area contributed by atoms with Crippen LogP contribution < -0.4 is 5.32 Å². The van der Waals surface area contributed by atoms with Gasteiger partial charge in [-0.05, 0) is 58.0 Å². The van der Waals surface area contributed by atoms with E-state index in [2.05, 4.69) is 5.32 Å². The van der Waals surface area contributed by atoms with Gasteiger partial charge in [-0.25, -0.2) is 0 Å². The first-order valence-corrected chi connectivity index (χ1v) is 12.4. The summed E-state index contributed by atoms with van der Waals surface area (Å²) >= 11 is 0. The van der Waals surface area contributed by atoms with Crippen LogP contribution in [0.15, 0.2) is 0 Å². The molecule has 0 bridgehead atoms. The van der Waals surface area contributed by atoms with Crippen molar-refractivity contribution < 1.29 is 28.3 Å². The number of amides is 1. The zero-order chi connectivity index (χ0) is 20.9. The Labute approximate surface area is 165 Å². The van der Waals surface area contributed by atoms with E-state index in [0.29, 0.717) is 32.2 Å². The Morgan fingerprint density at radius 3 is 2.26 bits per heavy atom. The van der Waals surface area contributed by atoms with Crippen LogP contribution in [0.1, 0.15) is 59.3 Å². The maximum atomic E-state index is 12.5. The quantitative estimate of drug-likeness (QED) is 0.247. The van der Waals surface area contributed by atoms with Gasteiger partial charge in [0.1, 0.15) is 6.10 Å². The normalized spacial score (nSPS) is 15.1. The molecule has 0 aliphatic heterocycles. The molecule has 0 radical (unpaired) electrons. The smallest absolute Gasteiger partial charge is 0.334 e. The Bertz CT molecular complexity index is 428. The van der Waals surface area contributed by atoms with Crippen molar-refractivity contribution in [2.75, 3.05) is 20.8 Å². The number of ether oxygens (including phenoxy) is 1. The molecule has 0 aliphatic rings. The average molecular weight is 406 g/mol. The number of rotatable bonds is 15. The number of carbonyl (C=O) groups excluding carboxylic acids is 2. The summed E-state index contributed by atoms with van der Waals surface area (Å²) in [4.78, 5) is 23.9. The summed E-state index contributed by atoms with van der Waals surface area (Å²) < 4.78 is 16.3. The van der Waals surface area contributed by atoms with E-state index in [1.807, 2.05) is 13.5 Å². The van der Waals surface area contributed by atoms with Crippen molar-refractivity contribution in [3.63, 3.8) is 0 Å². The van der Waals surface area contributed by atoms with Crippen molar-refractivity contribution in [1.29, 1.82) is 0 Å². The van der Waals surface area contributed by atoms with E-state index in [1.165, 1.54) is 6.92 Å². The number of hydrogen-bond acceptors (Lipinski definition) is 6. The molecule has 0 heterocycles. The van der Waals surface area contributed by atoms with Gasteiger partial charge in [0.15, 0.2) is 0 Å². The van der Waals surface area contributed by atoms with Crippen LogP contribution in [0.5, 0.6) is 0 Å². The third-order valence-corrected chi connectivity index (χ3v) is 7.85. The van der Waals surface area contributed by atoms with Gasteiger partial charge in [0.25, 0.3) is 0 Å². The summed E-state index contributed by atoms with van der Waals surface area (Å²) in [7, 11) is 1.22. The Morgan fingerprint density at radius 1 is 1.15 bits per heavy atom. The lowest BCUT2D eigenvalue weighted by Crippen LogP contribution is -2.38. The third kappa shape index (κ3) is 12.2. The molecule has 0 saturated carbocycles. The highest BCUT2D eigenvalue weighted by Gasteiger charge is 2.28. The highest BCUT2D eigenvalue weighted by atomic mass is 28.4. The van der Waals surface area contributed by atoms with Crippen LogP contribution in [0.4, 0.5) is 0 Å². The van der Waals surface area contributed by atoms with Crippen LogP contribution in [0.2, 0.25) is 12.6 Å². The lowest BCUT2D eigenvalue weighted by Gasteiger charge is -2.24. The molecular weight excluding hydrogens is 366 g/mol. The van der Waals surface area contributed by atoms with Crippen LogP contribution in [0.3, 0.4) is 0 Å². The van der Waals surface area contributed by atoms with Gasteiger partial charge in [-0.1, -0.05) is 6.92 Å². The Balaban J connectivity index is 4.48. The number of esters is 1. The molecule has 0 spiro atoms. The van der Waals surface area contributed by atoms with Gasteiger partial charge in [-0.15, -0.1) is 0 Å².